The van der Waals surface area contributed by atoms with Crippen LogP contribution >= 0.6 is 11.3 Å². The molecule has 13 heterocycles. The Morgan fingerprint density at radius 3 is 2.04 bits per heavy atom. The number of imidazole rings is 1. The van der Waals surface area contributed by atoms with Gasteiger partial charge in [-0.3, -0.25) is 24.7 Å². The number of aromatic nitrogens is 10. The molecule has 19 nitrogen and oxygen atoms in total. The highest BCUT2D eigenvalue weighted by molar-refractivity contribution is 7.19. The number of ether oxygens (including phenoxy) is 4. The smallest absolute Gasteiger partial charge is 0.181 e. The lowest BCUT2D eigenvalue weighted by atomic mass is 10.0. The highest BCUT2D eigenvalue weighted by Crippen LogP contribution is 2.37. The maximum Gasteiger partial charge on any atom is 0.181 e. The van der Waals surface area contributed by atoms with Gasteiger partial charge in [-0.15, -0.1) is 11.3 Å². The maximum absolute atomic E-state index is 5.64. The number of rotatable bonds is 9. The van der Waals surface area contributed by atoms with E-state index in [1.807, 2.05) is 43.1 Å². The van der Waals surface area contributed by atoms with Crippen LogP contribution in [0.15, 0.2) is 55.2 Å². The molecule has 0 aliphatic carbocycles. The minimum atomic E-state index is 0.668. The highest BCUT2D eigenvalue weighted by Gasteiger charge is 2.29. The van der Waals surface area contributed by atoms with E-state index in [2.05, 4.69) is 68.2 Å². The number of likely N-dealkylation sites (tertiary alicyclic amines) is 1. The summed E-state index contributed by atoms with van der Waals surface area (Å²) in [5.74, 6) is 4.26. The van der Waals surface area contributed by atoms with E-state index in [0.29, 0.717) is 30.9 Å². The lowest BCUT2D eigenvalue weighted by Crippen LogP contribution is -2.48. The normalized spacial score (nSPS) is 19.6. The number of hydrogen-bond acceptors (Lipinski definition) is 17. The van der Waals surface area contributed by atoms with Crippen molar-refractivity contribution >= 4 is 66.2 Å². The molecule has 0 amide bonds. The molecular weight excluding hydrogens is 895 g/mol. The Labute approximate surface area is 403 Å². The number of H-pyrrole nitrogens is 2. The first-order valence-corrected chi connectivity index (χ1v) is 25.3. The van der Waals surface area contributed by atoms with Crippen molar-refractivity contribution in [2.75, 3.05) is 128 Å². The average molecular weight is 954 g/mol. The molecule has 5 saturated heterocycles. The van der Waals surface area contributed by atoms with Crippen LogP contribution in [-0.4, -0.2) is 188 Å². The Bertz CT molecular complexity index is 3030. The molecule has 0 spiro atoms. The molecule has 5 aliphatic rings. The second kappa shape index (κ2) is 20.0. The summed E-state index contributed by atoms with van der Waals surface area (Å²) >= 11 is 1.80. The monoisotopic (exact) mass is 953 g/mol. The van der Waals surface area contributed by atoms with Gasteiger partial charge in [-0.1, -0.05) is 0 Å². The lowest BCUT2D eigenvalue weighted by molar-refractivity contribution is -0.0000149. The molecular formula is C49H59N15O4S. The molecule has 8 aromatic heterocycles. The minimum Gasteiger partial charge on any atom is -0.379 e. The summed E-state index contributed by atoms with van der Waals surface area (Å²) in [7, 11) is 2.08. The number of nitrogens with zero attached hydrogens (tertiary/aromatic N) is 13. The number of thiophene rings is 1. The number of morpholine rings is 4. The zero-order chi connectivity index (χ0) is 46.1. The number of aryl methyl sites for hydroxylation is 1. The molecule has 2 N–H and O–H groups in total. The summed E-state index contributed by atoms with van der Waals surface area (Å²) in [5, 5.41) is 2.11. The SMILES string of the molecule is Cn1c(CN2CCC(N3CCOCC3)CC2)nc2c(N3CCOCC3)nc(-c3cncc4[nH]ccc34)nc21.c1cc2[nH]ccc2c(-c2nc(N3CCOCC3)c3sc(CN4CCOCC4)cc3n2)n1. The first-order valence-electron chi connectivity index (χ1n) is 24.5. The molecule has 13 rings (SSSR count). The largest absolute Gasteiger partial charge is 0.379 e. The zero-order valence-electron chi connectivity index (χ0n) is 39.2. The van der Waals surface area contributed by atoms with Gasteiger partial charge in [0.2, 0.25) is 0 Å². The van der Waals surface area contributed by atoms with Crippen molar-refractivity contribution in [3.8, 4) is 22.9 Å². The van der Waals surface area contributed by atoms with Crippen LogP contribution in [0.3, 0.4) is 0 Å². The maximum atomic E-state index is 5.64. The van der Waals surface area contributed by atoms with Gasteiger partial charge in [-0.05, 0) is 37.1 Å². The lowest BCUT2D eigenvalue weighted by Gasteiger charge is -2.39. The van der Waals surface area contributed by atoms with Crippen molar-refractivity contribution < 1.29 is 18.9 Å². The highest BCUT2D eigenvalue weighted by atomic mass is 32.1. The number of nitrogens with one attached hydrogen (secondary N) is 2. The van der Waals surface area contributed by atoms with E-state index in [1.165, 1.54) is 17.7 Å². The fourth-order valence-corrected chi connectivity index (χ4v) is 11.5. The van der Waals surface area contributed by atoms with Gasteiger partial charge in [0, 0.05) is 137 Å². The number of anilines is 2. The molecule has 5 fully saturated rings. The van der Waals surface area contributed by atoms with Crippen LogP contribution in [0.5, 0.6) is 0 Å². The predicted octanol–water partition coefficient (Wildman–Crippen LogP) is 4.94. The second-order valence-corrected chi connectivity index (χ2v) is 19.5. The first kappa shape index (κ1) is 44.5. The number of hydrogen-bond donors (Lipinski definition) is 2. The van der Waals surface area contributed by atoms with Crippen molar-refractivity contribution in [2.45, 2.75) is 32.0 Å². The molecule has 8 aromatic rings. The molecule has 0 saturated carbocycles. The molecule has 20 heteroatoms. The Morgan fingerprint density at radius 2 is 1.29 bits per heavy atom. The van der Waals surface area contributed by atoms with Crippen LogP contribution in [0.4, 0.5) is 11.6 Å². The van der Waals surface area contributed by atoms with Gasteiger partial charge in [0.05, 0.1) is 81.3 Å². The average Bonchev–Trinajstić information content (AvgIpc) is 4.24. The van der Waals surface area contributed by atoms with Crippen molar-refractivity contribution in [3.63, 3.8) is 0 Å². The molecule has 0 unspecified atom stereocenters. The molecule has 69 heavy (non-hydrogen) atoms. The van der Waals surface area contributed by atoms with Gasteiger partial charge >= 0.3 is 0 Å². The third kappa shape index (κ3) is 9.27. The summed E-state index contributed by atoms with van der Waals surface area (Å²) in [6.45, 7) is 17.4. The molecule has 360 valence electrons. The van der Waals surface area contributed by atoms with E-state index in [9.17, 15) is 0 Å². The second-order valence-electron chi connectivity index (χ2n) is 18.4. The van der Waals surface area contributed by atoms with Crippen LogP contribution in [-0.2, 0) is 39.1 Å². The van der Waals surface area contributed by atoms with E-state index in [0.717, 1.165) is 190 Å². The Morgan fingerprint density at radius 1 is 0.638 bits per heavy atom. The van der Waals surface area contributed by atoms with Gasteiger partial charge in [0.1, 0.15) is 11.5 Å². The Hall–Kier alpha value is -5.71. The van der Waals surface area contributed by atoms with Crippen LogP contribution in [0.1, 0.15) is 23.5 Å². The van der Waals surface area contributed by atoms with Crippen LogP contribution in [0, 0.1) is 0 Å². The summed E-state index contributed by atoms with van der Waals surface area (Å²) in [6, 6.07) is 8.97. The van der Waals surface area contributed by atoms with Crippen LogP contribution in [0.2, 0.25) is 0 Å². The summed E-state index contributed by atoms with van der Waals surface area (Å²) in [5.41, 5.74) is 6.48. The Balaban J connectivity index is 0.000000146. The van der Waals surface area contributed by atoms with Crippen LogP contribution in [0.25, 0.3) is 66.1 Å². The zero-order valence-corrected chi connectivity index (χ0v) is 40.0. The third-order valence-corrected chi connectivity index (χ3v) is 15.3. The number of aromatic amines is 2. The summed E-state index contributed by atoms with van der Waals surface area (Å²) in [4.78, 5) is 54.4. The van der Waals surface area contributed by atoms with Crippen molar-refractivity contribution in [1.29, 1.82) is 0 Å². The third-order valence-electron chi connectivity index (χ3n) is 14.2. The topological polar surface area (TPSA) is 180 Å². The van der Waals surface area contributed by atoms with E-state index in [4.69, 9.17) is 43.9 Å². The standard InChI is InChI=1S/C27H35N9O2.C22H24N6O2S/c1-33-23(18-34-6-3-19(4-7-34)35-8-12-37-13-9-35)30-24-26(33)31-25(32-27(24)36-10-14-38-15-11-36)21-16-28-17-22-20(21)2-5-29-22;1-3-23-17-2-4-24-19(16(1)17)21-25-18-13-15(14-27-5-9-29-10-6-27)31-20(18)22(26-21)28-7-11-30-12-8-28/h2,5,16-17,19,29H,3-4,6-15,18H2,1H3;1-4,13,23H,5-12,14H2. The van der Waals surface area contributed by atoms with Crippen molar-refractivity contribution in [3.05, 3.63) is 66.0 Å². The summed E-state index contributed by atoms with van der Waals surface area (Å²) in [6.07, 6.45) is 11.8. The van der Waals surface area contributed by atoms with E-state index >= 15 is 0 Å². The minimum absolute atomic E-state index is 0.668. The summed E-state index contributed by atoms with van der Waals surface area (Å²) < 4.78 is 25.6. The molecule has 5 aliphatic heterocycles. The fourth-order valence-electron chi connectivity index (χ4n) is 10.4. The predicted molar refractivity (Wildman–Crippen MR) is 267 cm³/mol. The van der Waals surface area contributed by atoms with Crippen LogP contribution < -0.4 is 9.80 Å². The van der Waals surface area contributed by atoms with E-state index < -0.39 is 0 Å². The number of fused-ring (bicyclic) bond motifs is 4. The van der Waals surface area contributed by atoms with Gasteiger partial charge in [-0.25, -0.2) is 24.9 Å². The Kier molecular flexibility index (Phi) is 12.9. The number of piperidine rings is 1. The van der Waals surface area contributed by atoms with E-state index in [1.54, 1.807) is 11.3 Å². The molecule has 0 aromatic carbocycles. The molecule has 0 radical (unpaired) electrons. The van der Waals surface area contributed by atoms with E-state index in [-0.39, 0.29) is 0 Å². The number of pyridine rings is 2. The first-order chi connectivity index (χ1) is 34.1. The molecule has 0 bridgehead atoms. The van der Waals surface area contributed by atoms with Crippen molar-refractivity contribution in [2.24, 2.45) is 7.05 Å². The quantitative estimate of drug-likeness (QED) is 0.199. The molecule has 0 atom stereocenters. The fraction of sp³-hybridized carbons (Fsp3) is 0.490. The van der Waals surface area contributed by atoms with Gasteiger partial charge in [0.25, 0.3) is 0 Å². The van der Waals surface area contributed by atoms with Gasteiger partial charge in [-0.2, -0.15) is 0 Å². The van der Waals surface area contributed by atoms with Gasteiger partial charge in [0.15, 0.2) is 34.4 Å². The van der Waals surface area contributed by atoms with Gasteiger partial charge < -0.3 is 43.3 Å². The van der Waals surface area contributed by atoms with Crippen molar-refractivity contribution in [1.82, 2.24) is 64.1 Å².